The monoisotopic (exact) mass is 468 g/mol. The van der Waals surface area contributed by atoms with Crippen LogP contribution in [-0.2, 0) is 19.6 Å². The molecule has 0 bridgehead atoms. The van der Waals surface area contributed by atoms with Crippen molar-refractivity contribution in [2.24, 2.45) is 5.92 Å². The number of benzene rings is 1. The number of nitrogens with zero attached hydrogens (tertiary/aromatic N) is 2. The van der Waals surface area contributed by atoms with E-state index in [0.29, 0.717) is 25.3 Å². The second kappa shape index (κ2) is 10.1. The van der Waals surface area contributed by atoms with E-state index in [1.54, 1.807) is 31.4 Å². The van der Waals surface area contributed by atoms with Crippen LogP contribution in [0.1, 0.15) is 32.1 Å². The van der Waals surface area contributed by atoms with Crippen molar-refractivity contribution in [2.75, 3.05) is 44.9 Å². The highest BCUT2D eigenvalue weighted by molar-refractivity contribution is 7.99. The Hall–Kier alpha value is -1.29. The third-order valence-corrected chi connectivity index (χ3v) is 9.51. The highest BCUT2D eigenvalue weighted by atomic mass is 32.2. The van der Waals surface area contributed by atoms with Gasteiger partial charge in [-0.05, 0) is 62.1 Å². The van der Waals surface area contributed by atoms with Gasteiger partial charge in [0, 0.05) is 38.0 Å². The van der Waals surface area contributed by atoms with Crippen molar-refractivity contribution < 1.29 is 22.7 Å². The Morgan fingerprint density at radius 1 is 1.23 bits per heavy atom. The zero-order valence-electron chi connectivity index (χ0n) is 18.1. The summed E-state index contributed by atoms with van der Waals surface area (Å²) < 4.78 is 38.8. The van der Waals surface area contributed by atoms with Crippen LogP contribution in [-0.4, -0.2) is 80.5 Å². The van der Waals surface area contributed by atoms with E-state index in [1.807, 2.05) is 16.7 Å². The largest absolute Gasteiger partial charge is 0.497 e. The van der Waals surface area contributed by atoms with Gasteiger partial charge in [0.2, 0.25) is 15.9 Å². The number of hydrogen-bond acceptors (Lipinski definition) is 6. The lowest BCUT2D eigenvalue weighted by atomic mass is 9.96. The Kier molecular flexibility index (Phi) is 7.46. The highest BCUT2D eigenvalue weighted by Gasteiger charge is 2.38. The first kappa shape index (κ1) is 22.9. The summed E-state index contributed by atoms with van der Waals surface area (Å²) in [5.74, 6) is 2.44. The third-order valence-electron chi connectivity index (χ3n) is 6.48. The zero-order valence-corrected chi connectivity index (χ0v) is 19.7. The molecule has 3 heterocycles. The van der Waals surface area contributed by atoms with Gasteiger partial charge < -0.3 is 14.4 Å². The van der Waals surface area contributed by atoms with Crippen molar-refractivity contribution in [2.45, 2.75) is 49.1 Å². The first-order valence-corrected chi connectivity index (χ1v) is 13.7. The Labute approximate surface area is 189 Å². The highest BCUT2D eigenvalue weighted by Crippen LogP contribution is 2.30. The second-order valence-electron chi connectivity index (χ2n) is 8.52. The van der Waals surface area contributed by atoms with Crippen LogP contribution in [0.2, 0.25) is 0 Å². The predicted molar refractivity (Wildman–Crippen MR) is 121 cm³/mol. The van der Waals surface area contributed by atoms with Gasteiger partial charge in [0.05, 0.1) is 24.0 Å². The molecule has 1 aromatic rings. The molecule has 4 rings (SSSR count). The molecule has 1 amide bonds. The minimum Gasteiger partial charge on any atom is -0.497 e. The summed E-state index contributed by atoms with van der Waals surface area (Å²) in [6.45, 7) is 2.09. The van der Waals surface area contributed by atoms with Crippen LogP contribution in [0.25, 0.3) is 0 Å². The van der Waals surface area contributed by atoms with Gasteiger partial charge in [-0.15, -0.1) is 0 Å². The van der Waals surface area contributed by atoms with Crippen LogP contribution >= 0.6 is 11.8 Å². The van der Waals surface area contributed by atoms with E-state index >= 15 is 0 Å². The van der Waals surface area contributed by atoms with Gasteiger partial charge in [-0.25, -0.2) is 8.42 Å². The molecule has 7 nitrogen and oxygen atoms in total. The number of amides is 1. The molecule has 9 heteroatoms. The molecule has 0 spiro atoms. The topological polar surface area (TPSA) is 76.2 Å². The van der Waals surface area contributed by atoms with Gasteiger partial charge in [-0.2, -0.15) is 16.1 Å². The second-order valence-corrected chi connectivity index (χ2v) is 11.6. The van der Waals surface area contributed by atoms with Crippen molar-refractivity contribution in [3.8, 4) is 5.75 Å². The lowest BCUT2D eigenvalue weighted by molar-refractivity contribution is -0.140. The average molecular weight is 469 g/mol. The molecule has 3 atom stereocenters. The molecule has 3 unspecified atom stereocenters. The molecule has 3 fully saturated rings. The van der Waals surface area contributed by atoms with Crippen molar-refractivity contribution >= 4 is 27.7 Å². The normalized spacial score (nSPS) is 27.3. The van der Waals surface area contributed by atoms with E-state index in [-0.39, 0.29) is 35.4 Å². The predicted octanol–water partition coefficient (Wildman–Crippen LogP) is 2.61. The lowest BCUT2D eigenvalue weighted by Gasteiger charge is -2.37. The summed E-state index contributed by atoms with van der Waals surface area (Å²) in [5, 5.41) is 0. The summed E-state index contributed by atoms with van der Waals surface area (Å²) in [4.78, 5) is 15.8. The van der Waals surface area contributed by atoms with Gasteiger partial charge in [-0.1, -0.05) is 0 Å². The maximum absolute atomic E-state index is 13.6. The van der Waals surface area contributed by atoms with E-state index in [0.717, 1.165) is 43.8 Å². The van der Waals surface area contributed by atoms with Crippen molar-refractivity contribution in [1.29, 1.82) is 0 Å². The quantitative estimate of drug-likeness (QED) is 0.612. The Bertz CT molecular complexity index is 849. The molecular weight excluding hydrogens is 436 g/mol. The number of rotatable bonds is 7. The fourth-order valence-corrected chi connectivity index (χ4v) is 7.44. The Balaban J connectivity index is 1.48. The Morgan fingerprint density at radius 2 is 2.03 bits per heavy atom. The molecule has 1 aromatic carbocycles. The third kappa shape index (κ3) is 5.21. The lowest BCUT2D eigenvalue weighted by Crippen LogP contribution is -2.51. The molecule has 0 aliphatic carbocycles. The van der Waals surface area contributed by atoms with Crippen LogP contribution in [0.3, 0.4) is 0 Å². The number of methoxy groups -OCH3 is 1. The van der Waals surface area contributed by atoms with Crippen LogP contribution in [0.5, 0.6) is 5.75 Å². The summed E-state index contributed by atoms with van der Waals surface area (Å²) in [7, 11) is -2.09. The number of ether oxygens (including phenoxy) is 2. The molecule has 0 aromatic heterocycles. The number of hydrogen-bond donors (Lipinski definition) is 0. The number of carbonyl (C=O) groups excluding carboxylic acids is 1. The Morgan fingerprint density at radius 3 is 2.68 bits per heavy atom. The number of piperidine rings is 1. The SMILES string of the molecule is COc1ccc(S(=O)(=O)N2CCCC(C(=O)N(CC3CCCO3)C3CCSC3)C2)cc1. The molecule has 3 aliphatic heterocycles. The average Bonchev–Trinajstić information content (AvgIpc) is 3.51. The van der Waals surface area contributed by atoms with Crippen LogP contribution in [0.15, 0.2) is 29.2 Å². The van der Waals surface area contributed by atoms with Gasteiger partial charge in [-0.3, -0.25) is 4.79 Å². The van der Waals surface area contributed by atoms with Gasteiger partial charge in [0.15, 0.2) is 0 Å². The molecule has 0 N–H and O–H groups in total. The van der Waals surface area contributed by atoms with Crippen molar-refractivity contribution in [3.63, 3.8) is 0 Å². The summed E-state index contributed by atoms with van der Waals surface area (Å²) >= 11 is 1.89. The van der Waals surface area contributed by atoms with Gasteiger partial charge in [0.1, 0.15) is 5.75 Å². The molecule has 172 valence electrons. The van der Waals surface area contributed by atoms with E-state index < -0.39 is 10.0 Å². The summed E-state index contributed by atoms with van der Waals surface area (Å²) in [6, 6.07) is 6.68. The van der Waals surface area contributed by atoms with Crippen molar-refractivity contribution in [3.05, 3.63) is 24.3 Å². The van der Waals surface area contributed by atoms with Gasteiger partial charge >= 0.3 is 0 Å². The van der Waals surface area contributed by atoms with Crippen LogP contribution in [0, 0.1) is 5.92 Å². The van der Waals surface area contributed by atoms with E-state index in [9.17, 15) is 13.2 Å². The molecule has 0 saturated carbocycles. The fourth-order valence-electron chi connectivity index (χ4n) is 4.69. The number of sulfonamides is 1. The first-order chi connectivity index (χ1) is 15.0. The molecule has 3 aliphatic rings. The maximum Gasteiger partial charge on any atom is 0.243 e. The van der Waals surface area contributed by atoms with Crippen LogP contribution < -0.4 is 4.74 Å². The smallest absolute Gasteiger partial charge is 0.243 e. The minimum atomic E-state index is -3.64. The zero-order chi connectivity index (χ0) is 21.8. The molecule has 3 saturated heterocycles. The summed E-state index contributed by atoms with van der Waals surface area (Å²) in [5.41, 5.74) is 0. The molecule has 0 radical (unpaired) electrons. The van der Waals surface area contributed by atoms with E-state index in [2.05, 4.69) is 0 Å². The van der Waals surface area contributed by atoms with E-state index in [4.69, 9.17) is 9.47 Å². The van der Waals surface area contributed by atoms with Crippen molar-refractivity contribution in [1.82, 2.24) is 9.21 Å². The molecule has 31 heavy (non-hydrogen) atoms. The fraction of sp³-hybridized carbons (Fsp3) is 0.682. The van der Waals surface area contributed by atoms with Crippen LogP contribution in [0.4, 0.5) is 0 Å². The first-order valence-electron chi connectivity index (χ1n) is 11.1. The van der Waals surface area contributed by atoms with E-state index in [1.165, 1.54) is 4.31 Å². The summed E-state index contributed by atoms with van der Waals surface area (Å²) in [6.07, 6.45) is 4.57. The number of carbonyl (C=O) groups is 1. The standard InChI is InChI=1S/C22H32N2O5S2/c1-28-19-6-8-21(9-7-19)31(26,27)23-11-2-4-17(14-23)22(25)24(18-10-13-30-16-18)15-20-5-3-12-29-20/h6-9,17-18,20H,2-5,10-16H2,1H3. The number of thioether (sulfide) groups is 1. The molecular formula is C22H32N2O5S2. The maximum atomic E-state index is 13.6. The van der Waals surface area contributed by atoms with Gasteiger partial charge in [0.25, 0.3) is 0 Å². The minimum absolute atomic E-state index is 0.0950.